The number of carbonyl (C=O) groups is 1. The molecule has 0 aliphatic heterocycles. The number of benzene rings is 2. The third-order valence-electron chi connectivity index (χ3n) is 4.42. The number of hydrogen-bond donors (Lipinski definition) is 1. The number of hydrogen-bond acceptors (Lipinski definition) is 4. The van der Waals surface area contributed by atoms with Gasteiger partial charge in [-0.3, -0.25) is 4.79 Å². The molecule has 0 aromatic heterocycles. The van der Waals surface area contributed by atoms with Crippen molar-refractivity contribution in [2.45, 2.75) is 18.9 Å². The van der Waals surface area contributed by atoms with Gasteiger partial charge in [0.05, 0.1) is 27.4 Å². The lowest BCUT2D eigenvalue weighted by atomic mass is 10.1. The number of carbonyl (C=O) groups excluding carboxylic acids is 1. The Kier molecular flexibility index (Phi) is 4.79. The summed E-state index contributed by atoms with van der Waals surface area (Å²) in [4.78, 5) is 12.7. The average molecular weight is 345 g/mol. The molecule has 0 heterocycles. The number of halogens is 1. The summed E-state index contributed by atoms with van der Waals surface area (Å²) in [6.45, 7) is 0. The van der Waals surface area contributed by atoms with Gasteiger partial charge >= 0.3 is 0 Å². The number of aryl methyl sites for hydroxylation is 1. The van der Waals surface area contributed by atoms with Gasteiger partial charge in [0.1, 0.15) is 5.82 Å². The SMILES string of the molecule is COc1cc(C(=O)N[C@H]2CCc3cc(F)ccc32)cc(OC)c1OC. The summed E-state index contributed by atoms with van der Waals surface area (Å²) in [6, 6.07) is 7.76. The highest BCUT2D eigenvalue weighted by atomic mass is 19.1. The van der Waals surface area contributed by atoms with Crippen molar-refractivity contribution in [3.8, 4) is 17.2 Å². The number of nitrogens with one attached hydrogen (secondary N) is 1. The van der Waals surface area contributed by atoms with E-state index in [2.05, 4.69) is 5.32 Å². The molecule has 25 heavy (non-hydrogen) atoms. The first-order valence-electron chi connectivity index (χ1n) is 7.96. The van der Waals surface area contributed by atoms with Gasteiger partial charge in [-0.15, -0.1) is 0 Å². The Hall–Kier alpha value is -2.76. The summed E-state index contributed by atoms with van der Waals surface area (Å²) >= 11 is 0. The zero-order valence-electron chi connectivity index (χ0n) is 14.4. The molecule has 5 nitrogen and oxygen atoms in total. The van der Waals surface area contributed by atoms with E-state index >= 15 is 0 Å². The van der Waals surface area contributed by atoms with Crippen molar-refractivity contribution in [2.24, 2.45) is 0 Å². The van der Waals surface area contributed by atoms with Crippen LogP contribution in [0.25, 0.3) is 0 Å². The summed E-state index contributed by atoms with van der Waals surface area (Å²) in [7, 11) is 4.51. The number of methoxy groups -OCH3 is 3. The second kappa shape index (κ2) is 7.01. The zero-order chi connectivity index (χ0) is 18.0. The fourth-order valence-corrected chi connectivity index (χ4v) is 3.19. The topological polar surface area (TPSA) is 56.8 Å². The molecule has 0 radical (unpaired) electrons. The highest BCUT2D eigenvalue weighted by Crippen LogP contribution is 2.38. The average Bonchev–Trinajstić information content (AvgIpc) is 3.01. The van der Waals surface area contributed by atoms with Gasteiger partial charge in [0.2, 0.25) is 5.75 Å². The Morgan fingerprint density at radius 1 is 1.08 bits per heavy atom. The lowest BCUT2D eigenvalue weighted by molar-refractivity contribution is 0.0936. The predicted molar refractivity (Wildman–Crippen MR) is 91.0 cm³/mol. The first-order valence-corrected chi connectivity index (χ1v) is 7.96. The van der Waals surface area contributed by atoms with Crippen LogP contribution in [-0.2, 0) is 6.42 Å². The summed E-state index contributed by atoms with van der Waals surface area (Å²) in [5.74, 6) is 0.766. The van der Waals surface area contributed by atoms with Crippen LogP contribution in [0.3, 0.4) is 0 Å². The normalized spacial score (nSPS) is 15.4. The molecule has 0 spiro atoms. The molecule has 3 rings (SSSR count). The summed E-state index contributed by atoms with van der Waals surface area (Å²) in [5.41, 5.74) is 2.31. The number of ether oxygens (including phenoxy) is 3. The minimum Gasteiger partial charge on any atom is -0.493 e. The lowest BCUT2D eigenvalue weighted by Crippen LogP contribution is -2.27. The van der Waals surface area contributed by atoms with Crippen LogP contribution in [0.15, 0.2) is 30.3 Å². The molecule has 6 heteroatoms. The Morgan fingerprint density at radius 2 is 1.76 bits per heavy atom. The van der Waals surface area contributed by atoms with E-state index in [1.54, 1.807) is 18.2 Å². The van der Waals surface area contributed by atoms with Crippen molar-refractivity contribution in [2.75, 3.05) is 21.3 Å². The molecule has 1 N–H and O–H groups in total. The van der Waals surface area contributed by atoms with Crippen LogP contribution in [0.1, 0.15) is 33.9 Å². The van der Waals surface area contributed by atoms with Crippen LogP contribution >= 0.6 is 0 Å². The van der Waals surface area contributed by atoms with Crippen molar-refractivity contribution in [3.05, 3.63) is 52.8 Å². The molecule has 0 unspecified atom stereocenters. The van der Waals surface area contributed by atoms with E-state index in [-0.39, 0.29) is 17.8 Å². The third-order valence-corrected chi connectivity index (χ3v) is 4.42. The van der Waals surface area contributed by atoms with E-state index < -0.39 is 0 Å². The standard InChI is InChI=1S/C19H20FNO4/c1-23-16-9-12(10-17(24-2)18(16)25-3)19(22)21-15-7-4-11-8-13(20)5-6-14(11)15/h5-6,8-10,15H,4,7H2,1-3H3,(H,21,22)/t15-/m0/s1. The second-order valence-electron chi connectivity index (χ2n) is 5.82. The molecule has 132 valence electrons. The fourth-order valence-electron chi connectivity index (χ4n) is 3.19. The Balaban J connectivity index is 1.85. The Morgan fingerprint density at radius 3 is 2.36 bits per heavy atom. The Labute approximate surface area is 145 Å². The van der Waals surface area contributed by atoms with Crippen LogP contribution in [0.4, 0.5) is 4.39 Å². The van der Waals surface area contributed by atoms with E-state index in [4.69, 9.17) is 14.2 Å². The van der Waals surface area contributed by atoms with Crippen LogP contribution < -0.4 is 19.5 Å². The van der Waals surface area contributed by atoms with Gasteiger partial charge in [0.15, 0.2) is 11.5 Å². The molecule has 2 aromatic carbocycles. The molecule has 0 saturated heterocycles. The molecular formula is C19H20FNO4. The van der Waals surface area contributed by atoms with Gasteiger partial charge in [-0.25, -0.2) is 4.39 Å². The molecule has 1 aliphatic carbocycles. The lowest BCUT2D eigenvalue weighted by Gasteiger charge is -2.17. The minimum absolute atomic E-state index is 0.137. The van der Waals surface area contributed by atoms with Gasteiger partial charge in [-0.1, -0.05) is 6.07 Å². The monoisotopic (exact) mass is 345 g/mol. The van der Waals surface area contributed by atoms with Crippen molar-refractivity contribution < 1.29 is 23.4 Å². The second-order valence-corrected chi connectivity index (χ2v) is 5.82. The number of fused-ring (bicyclic) bond motifs is 1. The smallest absolute Gasteiger partial charge is 0.252 e. The van der Waals surface area contributed by atoms with E-state index in [0.717, 1.165) is 24.0 Å². The fraction of sp³-hybridized carbons (Fsp3) is 0.316. The first-order chi connectivity index (χ1) is 12.1. The number of rotatable bonds is 5. The molecule has 0 saturated carbocycles. The summed E-state index contributed by atoms with van der Waals surface area (Å²) < 4.78 is 29.2. The van der Waals surface area contributed by atoms with Crippen LogP contribution in [0.5, 0.6) is 17.2 Å². The van der Waals surface area contributed by atoms with E-state index in [1.165, 1.54) is 33.5 Å². The maximum Gasteiger partial charge on any atom is 0.252 e. The largest absolute Gasteiger partial charge is 0.493 e. The van der Waals surface area contributed by atoms with Gasteiger partial charge in [0.25, 0.3) is 5.91 Å². The highest BCUT2D eigenvalue weighted by molar-refractivity contribution is 5.96. The van der Waals surface area contributed by atoms with Crippen LogP contribution in [-0.4, -0.2) is 27.2 Å². The zero-order valence-corrected chi connectivity index (χ0v) is 14.4. The predicted octanol–water partition coefficient (Wildman–Crippen LogP) is 3.27. The third kappa shape index (κ3) is 3.24. The van der Waals surface area contributed by atoms with Crippen molar-refractivity contribution >= 4 is 5.91 Å². The molecular weight excluding hydrogens is 325 g/mol. The van der Waals surface area contributed by atoms with Gasteiger partial charge in [0, 0.05) is 5.56 Å². The quantitative estimate of drug-likeness (QED) is 0.904. The maximum absolute atomic E-state index is 13.3. The van der Waals surface area contributed by atoms with Gasteiger partial charge in [-0.2, -0.15) is 0 Å². The molecule has 2 aromatic rings. The van der Waals surface area contributed by atoms with E-state index in [1.807, 2.05) is 0 Å². The van der Waals surface area contributed by atoms with Gasteiger partial charge in [-0.05, 0) is 48.2 Å². The van der Waals surface area contributed by atoms with E-state index in [0.29, 0.717) is 22.8 Å². The summed E-state index contributed by atoms with van der Waals surface area (Å²) in [6.07, 6.45) is 1.49. The van der Waals surface area contributed by atoms with Crippen molar-refractivity contribution in [1.29, 1.82) is 0 Å². The van der Waals surface area contributed by atoms with Gasteiger partial charge < -0.3 is 19.5 Å². The molecule has 0 bridgehead atoms. The van der Waals surface area contributed by atoms with E-state index in [9.17, 15) is 9.18 Å². The molecule has 0 fully saturated rings. The molecule has 1 amide bonds. The number of amides is 1. The first kappa shape index (κ1) is 17.1. The summed E-state index contributed by atoms with van der Waals surface area (Å²) in [5, 5.41) is 3.00. The van der Waals surface area contributed by atoms with Crippen LogP contribution in [0, 0.1) is 5.82 Å². The minimum atomic E-state index is -0.254. The maximum atomic E-state index is 13.3. The molecule has 1 atom stereocenters. The highest BCUT2D eigenvalue weighted by Gasteiger charge is 2.25. The van der Waals surface area contributed by atoms with Crippen molar-refractivity contribution in [3.63, 3.8) is 0 Å². The van der Waals surface area contributed by atoms with Crippen molar-refractivity contribution in [1.82, 2.24) is 5.32 Å². The van der Waals surface area contributed by atoms with Crippen LogP contribution in [0.2, 0.25) is 0 Å². The molecule has 1 aliphatic rings. The Bertz CT molecular complexity index is 781.